The van der Waals surface area contributed by atoms with Crippen molar-refractivity contribution in [2.75, 3.05) is 0 Å². The molecule has 150 heavy (non-hydrogen) atoms. The van der Waals surface area contributed by atoms with Crippen LogP contribution in [0.2, 0.25) is 0 Å². The van der Waals surface area contributed by atoms with E-state index in [9.17, 15) is 0 Å². The first-order chi connectivity index (χ1) is 74.4. The molecule has 12 heteroatoms. The molecule has 700 valence electrons. The highest BCUT2D eigenvalue weighted by molar-refractivity contribution is 7.00. The zero-order chi connectivity index (χ0) is 99.1. The van der Waals surface area contributed by atoms with E-state index in [4.69, 9.17) is 37.9 Å². The monoisotopic (exact) mass is 1920 g/mol. The van der Waals surface area contributed by atoms with E-state index in [0.29, 0.717) is 0 Å². The van der Waals surface area contributed by atoms with Gasteiger partial charge in [0.15, 0.2) is 0 Å². The van der Waals surface area contributed by atoms with E-state index < -0.39 is 0 Å². The molecular formula is C138H88B4O8. The van der Waals surface area contributed by atoms with Crippen molar-refractivity contribution >= 4 is 92.4 Å². The Hall–Kier alpha value is -19.3. The number of benzene rings is 23. The molecule has 0 radical (unpaired) electrons. The van der Waals surface area contributed by atoms with Crippen LogP contribution >= 0.6 is 0 Å². The first-order valence-corrected chi connectivity index (χ1v) is 51.1. The van der Waals surface area contributed by atoms with E-state index in [2.05, 4.69) is 485 Å². The molecule has 8 aliphatic rings. The third-order valence-electron chi connectivity index (χ3n) is 30.1. The normalized spacial score (nSPS) is 12.5. The topological polar surface area (TPSA) is 73.8 Å². The highest BCUT2D eigenvalue weighted by Gasteiger charge is 2.47. The SMILES string of the molecule is c1ccc(-c2ccc3c(c2)B2c4cccc(-c5ccccc5)c4Oc4c(-c5ccccc5)ccc(c42)O3)cc1.c1ccc(-c2ccc3c(c2)B2c4ccccc4Oc4ccc(-c5ccccc5)c(c42)O3)cc1.c1ccc(-c2ccc3c(c2)Oc2c(-c4ccccc4)ccc4c2B3c2cc(-c3ccccc3)ccc2O4)cc1.c1ccc(-c2ccc3c(c2)Oc2ccc(-c4ccccc4)c4c2B3c2cc(-c3ccccc3)ccc2O4)cc1. The van der Waals surface area contributed by atoms with Crippen LogP contribution in [0.3, 0.4) is 0 Å². The molecule has 8 heterocycles. The number of hydrogen-bond acceptors (Lipinski definition) is 8. The van der Waals surface area contributed by atoms with Gasteiger partial charge in [-0.3, -0.25) is 0 Å². The van der Waals surface area contributed by atoms with Crippen molar-refractivity contribution in [3.05, 3.63) is 534 Å². The average Bonchev–Trinajstić information content (AvgIpc) is 0.721. The molecule has 23 aromatic rings. The molecule has 0 spiro atoms. The maximum absolute atomic E-state index is 6.95. The van der Waals surface area contributed by atoms with Gasteiger partial charge in [-0.1, -0.05) is 443 Å². The highest BCUT2D eigenvalue weighted by Crippen LogP contribution is 2.50. The van der Waals surface area contributed by atoms with Gasteiger partial charge < -0.3 is 37.9 Å². The number of rotatable bonds is 11. The van der Waals surface area contributed by atoms with Crippen molar-refractivity contribution in [3.8, 4) is 214 Å². The Bertz CT molecular complexity index is 9110. The molecule has 31 rings (SSSR count). The molecule has 0 amide bonds. The minimum absolute atomic E-state index is 0.000326. The Morgan fingerprint density at radius 1 is 0.100 bits per heavy atom. The number of para-hydroxylation sites is 2. The minimum Gasteiger partial charge on any atom is -0.458 e. The van der Waals surface area contributed by atoms with Crippen molar-refractivity contribution in [3.63, 3.8) is 0 Å². The zero-order valence-electron chi connectivity index (χ0n) is 81.4. The fraction of sp³-hybridized carbons (Fsp3) is 0. The quantitative estimate of drug-likeness (QED) is 0.119. The van der Waals surface area contributed by atoms with Crippen LogP contribution in [0.1, 0.15) is 0 Å². The lowest BCUT2D eigenvalue weighted by atomic mass is 9.34. The zero-order valence-corrected chi connectivity index (χ0v) is 81.4. The summed E-state index contributed by atoms with van der Waals surface area (Å²) in [7, 11) is 0. The summed E-state index contributed by atoms with van der Waals surface area (Å²) in [5.41, 5.74) is 38.8. The van der Waals surface area contributed by atoms with E-state index in [-0.39, 0.29) is 26.9 Å². The number of fused-ring (bicyclic) bond motifs is 16. The van der Waals surface area contributed by atoms with E-state index in [0.717, 1.165) is 213 Å². The summed E-state index contributed by atoms with van der Waals surface area (Å²) in [5.74, 6) is 14.1. The molecule has 0 saturated heterocycles. The molecule has 8 aliphatic heterocycles. The molecule has 0 bridgehead atoms. The number of hydrogen-bond donors (Lipinski definition) is 0. The van der Waals surface area contributed by atoms with Crippen LogP contribution < -0.4 is 103 Å². The van der Waals surface area contributed by atoms with Crippen molar-refractivity contribution in [1.82, 2.24) is 0 Å². The summed E-state index contributed by atoms with van der Waals surface area (Å²) >= 11 is 0. The first kappa shape index (κ1) is 88.4. The van der Waals surface area contributed by atoms with Gasteiger partial charge in [0.1, 0.15) is 92.0 Å². The van der Waals surface area contributed by atoms with Gasteiger partial charge in [-0.2, -0.15) is 0 Å². The molecule has 0 unspecified atom stereocenters. The van der Waals surface area contributed by atoms with Gasteiger partial charge in [0.2, 0.25) is 0 Å². The third kappa shape index (κ3) is 15.9. The lowest BCUT2D eigenvalue weighted by Gasteiger charge is -2.35. The Morgan fingerprint density at radius 2 is 0.300 bits per heavy atom. The van der Waals surface area contributed by atoms with Crippen LogP contribution in [0.5, 0.6) is 92.0 Å². The fourth-order valence-electron chi connectivity index (χ4n) is 23.0. The van der Waals surface area contributed by atoms with E-state index >= 15 is 0 Å². The Morgan fingerprint density at radius 3 is 0.607 bits per heavy atom. The predicted molar refractivity (Wildman–Crippen MR) is 616 cm³/mol. The predicted octanol–water partition coefficient (Wildman–Crippen LogP) is 28.0. The van der Waals surface area contributed by atoms with Crippen LogP contribution in [-0.4, -0.2) is 26.9 Å². The van der Waals surface area contributed by atoms with Gasteiger partial charge in [-0.05, 0) is 229 Å². The maximum Gasteiger partial charge on any atom is 0.260 e. The number of ether oxygens (including phenoxy) is 8. The molecule has 0 fully saturated rings. The lowest BCUT2D eigenvalue weighted by molar-refractivity contribution is 0.465. The van der Waals surface area contributed by atoms with E-state index in [1.807, 2.05) is 48.5 Å². The van der Waals surface area contributed by atoms with Crippen molar-refractivity contribution in [2.45, 2.75) is 0 Å². The summed E-state index contributed by atoms with van der Waals surface area (Å²) in [6, 6.07) is 186. The fourth-order valence-corrected chi connectivity index (χ4v) is 23.0. The summed E-state index contributed by atoms with van der Waals surface area (Å²) in [6.07, 6.45) is 0. The highest BCUT2D eigenvalue weighted by atomic mass is 16.5. The summed E-state index contributed by atoms with van der Waals surface area (Å²) in [5, 5.41) is 0. The minimum atomic E-state index is -0.0153. The summed E-state index contributed by atoms with van der Waals surface area (Å²) < 4.78 is 53.2. The van der Waals surface area contributed by atoms with Gasteiger partial charge in [-0.15, -0.1) is 0 Å². The second kappa shape index (κ2) is 37.7. The molecule has 0 atom stereocenters. The van der Waals surface area contributed by atoms with Crippen molar-refractivity contribution < 1.29 is 37.9 Å². The largest absolute Gasteiger partial charge is 0.458 e. The Balaban J connectivity index is 0.0000000962. The van der Waals surface area contributed by atoms with Crippen LogP contribution in [0.15, 0.2) is 534 Å². The molecule has 0 N–H and O–H groups in total. The molecule has 0 aliphatic carbocycles. The van der Waals surface area contributed by atoms with Crippen LogP contribution in [0.25, 0.3) is 122 Å². The third-order valence-corrected chi connectivity index (χ3v) is 30.1. The van der Waals surface area contributed by atoms with Crippen LogP contribution in [-0.2, 0) is 0 Å². The van der Waals surface area contributed by atoms with Crippen molar-refractivity contribution in [1.29, 1.82) is 0 Å². The molecule has 23 aromatic carbocycles. The second-order valence-corrected chi connectivity index (χ2v) is 38.8. The summed E-state index contributed by atoms with van der Waals surface area (Å²) in [6.45, 7) is 0.0359. The van der Waals surface area contributed by atoms with Gasteiger partial charge in [0, 0.05) is 49.7 Å². The van der Waals surface area contributed by atoms with Crippen LogP contribution in [0, 0.1) is 0 Å². The van der Waals surface area contributed by atoms with Gasteiger partial charge in [0.25, 0.3) is 26.9 Å². The summed E-state index contributed by atoms with van der Waals surface area (Å²) in [4.78, 5) is 0. The second-order valence-electron chi connectivity index (χ2n) is 38.8. The molecule has 0 aromatic heterocycles. The van der Waals surface area contributed by atoms with Crippen molar-refractivity contribution in [2.24, 2.45) is 0 Å². The van der Waals surface area contributed by atoms with Crippen LogP contribution in [0.4, 0.5) is 0 Å². The van der Waals surface area contributed by atoms with Gasteiger partial charge in [-0.25, -0.2) is 0 Å². The van der Waals surface area contributed by atoms with Gasteiger partial charge in [0.05, 0.1) is 0 Å². The first-order valence-electron chi connectivity index (χ1n) is 51.1. The average molecular weight is 1920 g/mol. The van der Waals surface area contributed by atoms with Gasteiger partial charge >= 0.3 is 0 Å². The Labute approximate surface area is 872 Å². The maximum atomic E-state index is 6.95. The van der Waals surface area contributed by atoms with E-state index in [1.165, 1.54) is 66.6 Å². The smallest absolute Gasteiger partial charge is 0.260 e. The molecular weight excluding hydrogens is 1830 g/mol. The molecule has 8 nitrogen and oxygen atoms in total. The molecule has 0 saturated carbocycles. The Kier molecular flexibility index (Phi) is 22.2. The standard InChI is InChI=1S/3C36H23BO2.C30H19BO2/c1-4-11-24(12-5-1)27-19-21-32-31(23-27)37-30-18-10-17-28(25-13-6-2-7-14-25)35(30)39-36-29(26-15-8-3-9-16-26)20-22-33(38-32)34(36)37;1-4-10-24(11-5-1)27-17-20-32-31(22-27)37-30-19-16-28(25-12-6-2-7-13-25)23-34(30)38-33-21-18-29(36(39-32)35(33)37)26-14-8-3-9-15-26;1-4-10-24(11-5-1)27-17-20-32-31(22-27)37-30-19-16-28(25-12-6-2-7-13-25)23-34(30)39-36-29(26-14-8-3-9-15-26)18-21-33(38-32)35(36)37;1-3-9-20(10-4-1)22-15-17-27-25(19-22)31-24-13-7-8-14-26(24)32-28-18-16-23(30(33-27)29(28)31)21-11-5-2-6-12-21/h3*1-23H;1-19H. The lowest BCUT2D eigenvalue weighted by Crippen LogP contribution is -2.57. The van der Waals surface area contributed by atoms with E-state index in [1.54, 1.807) is 0 Å².